The Bertz CT molecular complexity index is 363. The van der Waals surface area contributed by atoms with Crippen molar-refractivity contribution >= 4 is 10.1 Å². The number of hydrogen-bond acceptors (Lipinski definition) is 4. The molecule has 0 aliphatic carbocycles. The molecule has 0 radical (unpaired) electrons. The van der Waals surface area contributed by atoms with Gasteiger partial charge in [0.25, 0.3) is 10.1 Å². The highest BCUT2D eigenvalue weighted by Gasteiger charge is 2.18. The summed E-state index contributed by atoms with van der Waals surface area (Å²) >= 11 is 0. The fraction of sp³-hybridized carbons (Fsp3) is 0.429. The largest absolute Gasteiger partial charge is 0.285 e. The van der Waals surface area contributed by atoms with Gasteiger partial charge in [-0.05, 0) is 13.0 Å². The van der Waals surface area contributed by atoms with Gasteiger partial charge < -0.3 is 0 Å². The predicted molar refractivity (Wildman–Crippen MR) is 46.7 cm³/mol. The third-order valence-electron chi connectivity index (χ3n) is 1.60. The third kappa shape index (κ3) is 3.08. The highest BCUT2D eigenvalue weighted by Crippen LogP contribution is 2.03. The van der Waals surface area contributed by atoms with Crippen molar-refractivity contribution in [1.82, 2.24) is 9.97 Å². The van der Waals surface area contributed by atoms with Crippen molar-refractivity contribution in [1.29, 1.82) is 0 Å². The third-order valence-corrected chi connectivity index (χ3v) is 2.78. The van der Waals surface area contributed by atoms with Crippen LogP contribution in [0, 0.1) is 0 Å². The van der Waals surface area contributed by atoms with Crippen LogP contribution < -0.4 is 0 Å². The average Bonchev–Trinajstić information content (AvgIpc) is 2.04. The summed E-state index contributed by atoms with van der Waals surface area (Å²) in [5.74, 6) is 0.410. The summed E-state index contributed by atoms with van der Waals surface area (Å²) in [5.41, 5.74) is 0. The van der Waals surface area contributed by atoms with Crippen molar-refractivity contribution in [2.24, 2.45) is 0 Å². The van der Waals surface area contributed by atoms with Crippen LogP contribution in [0.25, 0.3) is 0 Å². The Morgan fingerprint density at radius 1 is 1.46 bits per heavy atom. The minimum absolute atomic E-state index is 0.125. The lowest BCUT2D eigenvalue weighted by Gasteiger charge is -2.05. The van der Waals surface area contributed by atoms with Gasteiger partial charge in [0.15, 0.2) is 0 Å². The van der Waals surface area contributed by atoms with Gasteiger partial charge in [0, 0.05) is 18.8 Å². The maximum Gasteiger partial charge on any atom is 0.267 e. The van der Waals surface area contributed by atoms with Gasteiger partial charge in [-0.15, -0.1) is 0 Å². The van der Waals surface area contributed by atoms with E-state index in [-0.39, 0.29) is 6.42 Å². The minimum atomic E-state index is -3.98. The van der Waals surface area contributed by atoms with Crippen LogP contribution in [-0.2, 0) is 16.5 Å². The highest BCUT2D eigenvalue weighted by atomic mass is 32.2. The van der Waals surface area contributed by atoms with Crippen molar-refractivity contribution < 1.29 is 13.0 Å². The molecule has 13 heavy (non-hydrogen) atoms. The molecule has 0 saturated heterocycles. The molecule has 0 aliphatic heterocycles. The van der Waals surface area contributed by atoms with Crippen molar-refractivity contribution in [2.75, 3.05) is 0 Å². The maximum atomic E-state index is 10.6. The van der Waals surface area contributed by atoms with E-state index in [1.807, 2.05) is 0 Å². The van der Waals surface area contributed by atoms with E-state index in [4.69, 9.17) is 4.55 Å². The molecular weight excluding hydrogens is 192 g/mol. The maximum absolute atomic E-state index is 10.6. The van der Waals surface area contributed by atoms with Crippen molar-refractivity contribution in [3.8, 4) is 0 Å². The van der Waals surface area contributed by atoms with E-state index in [0.29, 0.717) is 5.82 Å². The highest BCUT2D eigenvalue weighted by molar-refractivity contribution is 7.86. The first-order valence-electron chi connectivity index (χ1n) is 3.72. The smallest absolute Gasteiger partial charge is 0.267 e. The second kappa shape index (κ2) is 3.80. The Morgan fingerprint density at radius 3 is 2.46 bits per heavy atom. The zero-order valence-electron chi connectivity index (χ0n) is 7.08. The standard InChI is InChI=1S/C7H10N2O3S/c1-6(13(10,11)12)5-7-8-3-2-4-9-7/h2-4,6H,5H2,1H3,(H,10,11,12). The summed E-state index contributed by atoms with van der Waals surface area (Å²) in [4.78, 5) is 7.69. The fourth-order valence-corrected chi connectivity index (χ4v) is 1.16. The number of nitrogens with zero attached hydrogens (tertiary/aromatic N) is 2. The van der Waals surface area contributed by atoms with Gasteiger partial charge in [-0.3, -0.25) is 4.55 Å². The second-order valence-corrected chi connectivity index (χ2v) is 4.53. The van der Waals surface area contributed by atoms with E-state index in [2.05, 4.69) is 9.97 Å². The number of hydrogen-bond donors (Lipinski definition) is 1. The second-order valence-electron chi connectivity index (χ2n) is 2.69. The quantitative estimate of drug-likeness (QED) is 0.713. The van der Waals surface area contributed by atoms with Crippen LogP contribution in [0.4, 0.5) is 0 Å². The summed E-state index contributed by atoms with van der Waals surface area (Å²) in [7, 11) is -3.98. The molecule has 72 valence electrons. The molecular formula is C7H10N2O3S. The summed E-state index contributed by atoms with van der Waals surface area (Å²) < 4.78 is 29.9. The monoisotopic (exact) mass is 202 g/mol. The van der Waals surface area contributed by atoms with Crippen LogP contribution in [0.5, 0.6) is 0 Å². The van der Waals surface area contributed by atoms with Gasteiger partial charge in [-0.2, -0.15) is 8.42 Å². The number of rotatable bonds is 3. The Balaban J connectivity index is 2.72. The molecule has 0 bridgehead atoms. The van der Waals surface area contributed by atoms with Crippen molar-refractivity contribution in [3.05, 3.63) is 24.3 Å². The Hall–Kier alpha value is -1.01. The van der Waals surface area contributed by atoms with E-state index in [0.717, 1.165) is 0 Å². The fourth-order valence-electron chi connectivity index (χ4n) is 0.798. The summed E-state index contributed by atoms with van der Waals surface area (Å²) in [6, 6.07) is 1.64. The van der Waals surface area contributed by atoms with Crippen LogP contribution in [-0.4, -0.2) is 28.2 Å². The Labute approximate surface area is 76.6 Å². The Morgan fingerprint density at radius 2 is 2.00 bits per heavy atom. The number of aromatic nitrogens is 2. The molecule has 1 N–H and O–H groups in total. The van der Waals surface area contributed by atoms with Gasteiger partial charge in [0.1, 0.15) is 5.82 Å². The Kier molecular flexibility index (Phi) is 2.94. The summed E-state index contributed by atoms with van der Waals surface area (Å²) in [6.45, 7) is 1.41. The first kappa shape index (κ1) is 10.1. The first-order chi connectivity index (χ1) is 6.00. The van der Waals surface area contributed by atoms with E-state index < -0.39 is 15.4 Å². The zero-order chi connectivity index (χ0) is 9.90. The molecule has 0 saturated carbocycles. The summed E-state index contributed by atoms with van der Waals surface area (Å²) in [6.07, 6.45) is 3.18. The molecule has 0 aliphatic rings. The first-order valence-corrected chi connectivity index (χ1v) is 5.22. The normalized spacial score (nSPS) is 14.0. The predicted octanol–water partition coefficient (Wildman–Crippen LogP) is 0.295. The average molecular weight is 202 g/mol. The van der Waals surface area contributed by atoms with Crippen LogP contribution in [0.1, 0.15) is 12.7 Å². The molecule has 1 unspecified atom stereocenters. The molecule has 1 aromatic rings. The molecule has 0 aromatic carbocycles. The van der Waals surface area contributed by atoms with Crippen LogP contribution in [0.15, 0.2) is 18.5 Å². The molecule has 0 amide bonds. The molecule has 1 aromatic heterocycles. The van der Waals surface area contributed by atoms with Crippen LogP contribution >= 0.6 is 0 Å². The van der Waals surface area contributed by atoms with E-state index in [1.165, 1.54) is 19.3 Å². The van der Waals surface area contributed by atoms with Gasteiger partial charge in [-0.1, -0.05) is 0 Å². The van der Waals surface area contributed by atoms with Gasteiger partial charge in [-0.25, -0.2) is 9.97 Å². The molecule has 0 spiro atoms. The van der Waals surface area contributed by atoms with Gasteiger partial charge >= 0.3 is 0 Å². The lowest BCUT2D eigenvalue weighted by molar-refractivity contribution is 0.468. The van der Waals surface area contributed by atoms with Crippen LogP contribution in [0.3, 0.4) is 0 Å². The molecule has 1 atom stereocenters. The van der Waals surface area contributed by atoms with Gasteiger partial charge in [0.2, 0.25) is 0 Å². The molecule has 1 rings (SSSR count). The SMILES string of the molecule is CC(Cc1ncccn1)S(=O)(=O)O. The van der Waals surface area contributed by atoms with Crippen LogP contribution in [0.2, 0.25) is 0 Å². The van der Waals surface area contributed by atoms with E-state index >= 15 is 0 Å². The lowest BCUT2D eigenvalue weighted by atomic mass is 10.3. The molecule has 1 heterocycles. The topological polar surface area (TPSA) is 80.2 Å². The van der Waals surface area contributed by atoms with E-state index in [9.17, 15) is 8.42 Å². The zero-order valence-corrected chi connectivity index (χ0v) is 7.90. The molecule has 0 fully saturated rings. The lowest BCUT2D eigenvalue weighted by Crippen LogP contribution is -2.20. The minimum Gasteiger partial charge on any atom is -0.285 e. The van der Waals surface area contributed by atoms with Crippen molar-refractivity contribution in [2.45, 2.75) is 18.6 Å². The van der Waals surface area contributed by atoms with Gasteiger partial charge in [0.05, 0.1) is 5.25 Å². The summed E-state index contributed by atoms with van der Waals surface area (Å²) in [5, 5.41) is -0.866. The van der Waals surface area contributed by atoms with Crippen molar-refractivity contribution in [3.63, 3.8) is 0 Å². The molecule has 5 nitrogen and oxygen atoms in total. The molecule has 6 heteroatoms. The van der Waals surface area contributed by atoms with E-state index in [1.54, 1.807) is 6.07 Å².